The SMILES string of the molecule is CC1CC(c2nc(C(=O)O)no2)CO1. The van der Waals surface area contributed by atoms with Crippen LogP contribution in [0.25, 0.3) is 0 Å². The van der Waals surface area contributed by atoms with E-state index in [1.807, 2.05) is 6.92 Å². The number of aromatic nitrogens is 2. The van der Waals surface area contributed by atoms with Crippen molar-refractivity contribution in [1.29, 1.82) is 0 Å². The normalized spacial score (nSPS) is 26.6. The summed E-state index contributed by atoms with van der Waals surface area (Å²) in [5.41, 5.74) is 0. The van der Waals surface area contributed by atoms with Crippen molar-refractivity contribution in [3.05, 3.63) is 11.7 Å². The molecule has 2 unspecified atom stereocenters. The standard InChI is InChI=1S/C8H10N2O4/c1-4-2-5(3-13-4)7-9-6(8(11)12)10-14-7/h4-5H,2-3H2,1H3,(H,11,12). The van der Waals surface area contributed by atoms with E-state index in [1.165, 1.54) is 0 Å². The van der Waals surface area contributed by atoms with Gasteiger partial charge in [-0.3, -0.25) is 0 Å². The monoisotopic (exact) mass is 198 g/mol. The number of hydrogen-bond donors (Lipinski definition) is 1. The van der Waals surface area contributed by atoms with E-state index in [0.29, 0.717) is 12.5 Å². The van der Waals surface area contributed by atoms with Crippen LogP contribution in [0.15, 0.2) is 4.52 Å². The smallest absolute Gasteiger partial charge is 0.377 e. The Labute approximate surface area is 79.9 Å². The Morgan fingerprint density at radius 2 is 2.43 bits per heavy atom. The average molecular weight is 198 g/mol. The van der Waals surface area contributed by atoms with Crippen LogP contribution in [0.3, 0.4) is 0 Å². The summed E-state index contributed by atoms with van der Waals surface area (Å²) >= 11 is 0. The van der Waals surface area contributed by atoms with Crippen molar-refractivity contribution in [2.75, 3.05) is 6.61 Å². The zero-order chi connectivity index (χ0) is 10.1. The maximum absolute atomic E-state index is 10.5. The summed E-state index contributed by atoms with van der Waals surface area (Å²) in [6, 6.07) is 0. The van der Waals surface area contributed by atoms with E-state index in [9.17, 15) is 4.79 Å². The van der Waals surface area contributed by atoms with Gasteiger partial charge in [0.2, 0.25) is 5.89 Å². The molecule has 0 aliphatic carbocycles. The minimum Gasteiger partial charge on any atom is -0.475 e. The van der Waals surface area contributed by atoms with E-state index >= 15 is 0 Å². The van der Waals surface area contributed by atoms with E-state index in [4.69, 9.17) is 14.4 Å². The fourth-order valence-corrected chi connectivity index (χ4v) is 1.48. The molecule has 1 saturated heterocycles. The first-order chi connectivity index (χ1) is 6.66. The first-order valence-electron chi connectivity index (χ1n) is 4.35. The molecule has 2 heterocycles. The maximum Gasteiger partial charge on any atom is 0.377 e. The van der Waals surface area contributed by atoms with E-state index in [1.54, 1.807) is 0 Å². The number of hydrogen-bond acceptors (Lipinski definition) is 5. The van der Waals surface area contributed by atoms with E-state index < -0.39 is 5.97 Å². The molecule has 1 aromatic heterocycles. The van der Waals surface area contributed by atoms with Gasteiger partial charge >= 0.3 is 5.97 Å². The zero-order valence-electron chi connectivity index (χ0n) is 7.64. The third-order valence-electron chi connectivity index (χ3n) is 2.18. The second kappa shape index (κ2) is 3.38. The predicted octanol–water partition coefficient (Wildman–Crippen LogP) is 0.660. The second-order valence-electron chi connectivity index (χ2n) is 3.34. The van der Waals surface area contributed by atoms with E-state index in [-0.39, 0.29) is 17.8 Å². The van der Waals surface area contributed by atoms with Gasteiger partial charge in [-0.15, -0.1) is 0 Å². The number of carboxylic acid groups (broad SMARTS) is 1. The van der Waals surface area contributed by atoms with Gasteiger partial charge in [0.15, 0.2) is 0 Å². The number of ether oxygens (including phenoxy) is 1. The van der Waals surface area contributed by atoms with Gasteiger partial charge in [-0.25, -0.2) is 4.79 Å². The third-order valence-corrected chi connectivity index (χ3v) is 2.18. The van der Waals surface area contributed by atoms with Gasteiger partial charge in [-0.1, -0.05) is 0 Å². The molecule has 0 aromatic carbocycles. The fraction of sp³-hybridized carbons (Fsp3) is 0.625. The summed E-state index contributed by atoms with van der Waals surface area (Å²) < 4.78 is 10.2. The Balaban J connectivity index is 2.13. The molecule has 6 nitrogen and oxygen atoms in total. The molecule has 1 aliphatic rings. The number of carbonyl (C=O) groups is 1. The Morgan fingerprint density at radius 3 is 2.93 bits per heavy atom. The third kappa shape index (κ3) is 1.60. The fourth-order valence-electron chi connectivity index (χ4n) is 1.48. The number of carboxylic acids is 1. The maximum atomic E-state index is 10.5. The lowest BCUT2D eigenvalue weighted by Crippen LogP contribution is -2.01. The highest BCUT2D eigenvalue weighted by molar-refractivity contribution is 5.82. The lowest BCUT2D eigenvalue weighted by atomic mass is 10.1. The highest BCUT2D eigenvalue weighted by atomic mass is 16.5. The van der Waals surface area contributed by atoms with Crippen LogP contribution in [-0.2, 0) is 4.74 Å². The molecule has 2 rings (SSSR count). The zero-order valence-corrected chi connectivity index (χ0v) is 7.64. The van der Waals surface area contributed by atoms with Crippen LogP contribution in [0.5, 0.6) is 0 Å². The minimum atomic E-state index is -1.17. The van der Waals surface area contributed by atoms with E-state index in [0.717, 1.165) is 6.42 Å². The van der Waals surface area contributed by atoms with Crippen LogP contribution >= 0.6 is 0 Å². The first-order valence-corrected chi connectivity index (χ1v) is 4.35. The molecule has 0 saturated carbocycles. The summed E-state index contributed by atoms with van der Waals surface area (Å²) in [6.45, 7) is 2.47. The van der Waals surface area contributed by atoms with Crippen molar-refractivity contribution in [3.8, 4) is 0 Å². The average Bonchev–Trinajstić information content (AvgIpc) is 2.70. The summed E-state index contributed by atoms with van der Waals surface area (Å²) in [7, 11) is 0. The molecule has 1 N–H and O–H groups in total. The van der Waals surface area contributed by atoms with Gasteiger partial charge in [0.1, 0.15) is 0 Å². The lowest BCUT2D eigenvalue weighted by Gasteiger charge is -1.97. The van der Waals surface area contributed by atoms with Gasteiger partial charge in [0, 0.05) is 0 Å². The van der Waals surface area contributed by atoms with Crippen molar-refractivity contribution in [2.24, 2.45) is 0 Å². The Morgan fingerprint density at radius 1 is 1.64 bits per heavy atom. The molecule has 0 amide bonds. The van der Waals surface area contributed by atoms with Crippen LogP contribution in [0.4, 0.5) is 0 Å². The molecule has 0 spiro atoms. The number of rotatable bonds is 2. The molecule has 76 valence electrons. The van der Waals surface area contributed by atoms with Crippen molar-refractivity contribution >= 4 is 5.97 Å². The first kappa shape index (κ1) is 9.14. The van der Waals surface area contributed by atoms with E-state index in [2.05, 4.69) is 10.1 Å². The molecule has 0 bridgehead atoms. The van der Waals surface area contributed by atoms with Crippen molar-refractivity contribution in [2.45, 2.75) is 25.4 Å². The molecule has 1 fully saturated rings. The molecular weight excluding hydrogens is 188 g/mol. The van der Waals surface area contributed by atoms with Crippen LogP contribution in [0.2, 0.25) is 0 Å². The van der Waals surface area contributed by atoms with Crippen LogP contribution in [-0.4, -0.2) is 33.9 Å². The van der Waals surface area contributed by atoms with Crippen LogP contribution in [0.1, 0.15) is 35.8 Å². The highest BCUT2D eigenvalue weighted by Gasteiger charge is 2.29. The largest absolute Gasteiger partial charge is 0.475 e. The van der Waals surface area contributed by atoms with Crippen molar-refractivity contribution in [3.63, 3.8) is 0 Å². The Bertz CT molecular complexity index is 349. The predicted molar refractivity (Wildman–Crippen MR) is 44.0 cm³/mol. The molecule has 6 heteroatoms. The molecule has 2 atom stereocenters. The minimum absolute atomic E-state index is 0.0330. The Kier molecular flexibility index (Phi) is 2.20. The molecule has 14 heavy (non-hydrogen) atoms. The van der Waals surface area contributed by atoms with Gasteiger partial charge in [-0.05, 0) is 18.5 Å². The topological polar surface area (TPSA) is 85.5 Å². The molecule has 1 aromatic rings. The molecule has 0 radical (unpaired) electrons. The van der Waals surface area contributed by atoms with Crippen molar-refractivity contribution in [1.82, 2.24) is 10.1 Å². The highest BCUT2D eigenvalue weighted by Crippen LogP contribution is 2.27. The summed E-state index contributed by atoms with van der Waals surface area (Å²) in [4.78, 5) is 14.2. The van der Waals surface area contributed by atoms with Crippen molar-refractivity contribution < 1.29 is 19.2 Å². The molecular formula is C8H10N2O4. The van der Waals surface area contributed by atoms with Crippen LogP contribution in [0, 0.1) is 0 Å². The summed E-state index contributed by atoms with van der Waals surface area (Å²) in [5.74, 6) is -1.08. The van der Waals surface area contributed by atoms with Gasteiger partial charge in [-0.2, -0.15) is 4.98 Å². The van der Waals surface area contributed by atoms with Gasteiger partial charge in [0.25, 0.3) is 5.82 Å². The second-order valence-corrected chi connectivity index (χ2v) is 3.34. The summed E-state index contributed by atoms with van der Waals surface area (Å²) in [6.07, 6.45) is 0.960. The van der Waals surface area contributed by atoms with Gasteiger partial charge in [0.05, 0.1) is 18.6 Å². The number of aromatic carboxylic acids is 1. The Hall–Kier alpha value is -1.43. The lowest BCUT2D eigenvalue weighted by molar-refractivity contribution is 0.0680. The number of nitrogens with zero attached hydrogens (tertiary/aromatic N) is 2. The van der Waals surface area contributed by atoms with Crippen LogP contribution < -0.4 is 0 Å². The molecule has 1 aliphatic heterocycles. The van der Waals surface area contributed by atoms with Gasteiger partial charge < -0.3 is 14.4 Å². The quantitative estimate of drug-likeness (QED) is 0.751. The summed E-state index contributed by atoms with van der Waals surface area (Å²) in [5, 5.41) is 11.9.